The van der Waals surface area contributed by atoms with Gasteiger partial charge in [0.1, 0.15) is 6.61 Å². The van der Waals surface area contributed by atoms with E-state index >= 15 is 0 Å². The molecular weight excluding hydrogens is 270 g/mol. The van der Waals surface area contributed by atoms with Crippen molar-refractivity contribution in [2.75, 3.05) is 26.4 Å². The number of hydrogen-bond donors (Lipinski definition) is 2. The molecule has 0 saturated carbocycles. The molecule has 0 radical (unpaired) electrons. The molecule has 1 unspecified atom stereocenters. The largest absolute Gasteiger partial charge is 0.481 e. The summed E-state index contributed by atoms with van der Waals surface area (Å²) in [6.07, 6.45) is 0.0973. The molecule has 0 spiro atoms. The van der Waals surface area contributed by atoms with Crippen LogP contribution in [-0.4, -0.2) is 53.5 Å². The van der Waals surface area contributed by atoms with Crippen LogP contribution >= 0.6 is 0 Å². The Labute approximate surface area is 124 Å². The standard InChI is InChI=1S/C16H19NO4/c18-8-1-2-13-3-5-14(6-4-13)11-17-7-9-21-12-15(17)10-16(19)20/h3-6,15,18H,7-12H2,(H,19,20). The van der Waals surface area contributed by atoms with Gasteiger partial charge in [-0.1, -0.05) is 24.0 Å². The maximum Gasteiger partial charge on any atom is 0.305 e. The molecule has 0 aliphatic carbocycles. The van der Waals surface area contributed by atoms with Gasteiger partial charge in [-0.15, -0.1) is 0 Å². The molecule has 5 nitrogen and oxygen atoms in total. The van der Waals surface area contributed by atoms with E-state index in [4.69, 9.17) is 14.9 Å². The van der Waals surface area contributed by atoms with Gasteiger partial charge < -0.3 is 14.9 Å². The first-order valence-electron chi connectivity index (χ1n) is 6.91. The number of rotatable bonds is 4. The Hall–Kier alpha value is -1.87. The molecular formula is C16H19NO4. The second-order valence-electron chi connectivity index (χ2n) is 4.95. The summed E-state index contributed by atoms with van der Waals surface area (Å²) in [5.41, 5.74) is 1.97. The Morgan fingerprint density at radius 1 is 1.38 bits per heavy atom. The molecule has 5 heteroatoms. The van der Waals surface area contributed by atoms with Crippen LogP contribution in [0.5, 0.6) is 0 Å². The Kier molecular flexibility index (Phi) is 5.76. The van der Waals surface area contributed by atoms with E-state index in [-0.39, 0.29) is 19.1 Å². The first-order valence-corrected chi connectivity index (χ1v) is 6.91. The maximum absolute atomic E-state index is 10.9. The third-order valence-corrected chi connectivity index (χ3v) is 3.41. The summed E-state index contributed by atoms with van der Waals surface area (Å²) in [5.74, 6) is 4.66. The van der Waals surface area contributed by atoms with Crippen LogP contribution in [0.25, 0.3) is 0 Å². The SMILES string of the molecule is O=C(O)CC1COCCN1Cc1ccc(C#CCO)cc1. The molecule has 1 fully saturated rings. The zero-order valence-corrected chi connectivity index (χ0v) is 11.8. The maximum atomic E-state index is 10.9. The van der Waals surface area contributed by atoms with Crippen molar-refractivity contribution in [2.24, 2.45) is 0 Å². The quantitative estimate of drug-likeness (QED) is 0.799. The second kappa shape index (κ2) is 7.79. The number of nitrogens with zero attached hydrogens (tertiary/aromatic N) is 1. The summed E-state index contributed by atoms with van der Waals surface area (Å²) in [4.78, 5) is 13.0. The van der Waals surface area contributed by atoms with Crippen molar-refractivity contribution in [3.8, 4) is 11.8 Å². The van der Waals surface area contributed by atoms with Gasteiger partial charge in [0.05, 0.1) is 19.6 Å². The first kappa shape index (κ1) is 15.5. The molecule has 0 bridgehead atoms. The molecule has 112 valence electrons. The molecule has 1 aliphatic heterocycles. The van der Waals surface area contributed by atoms with E-state index in [1.54, 1.807) is 0 Å². The average molecular weight is 289 g/mol. The van der Waals surface area contributed by atoms with Crippen LogP contribution in [0, 0.1) is 11.8 Å². The average Bonchev–Trinajstić information content (AvgIpc) is 2.48. The summed E-state index contributed by atoms with van der Waals surface area (Å²) in [6, 6.07) is 7.70. The van der Waals surface area contributed by atoms with Crippen LogP contribution in [0.2, 0.25) is 0 Å². The van der Waals surface area contributed by atoms with E-state index in [1.807, 2.05) is 24.3 Å². The molecule has 2 rings (SSSR count). The van der Waals surface area contributed by atoms with Crippen LogP contribution in [0.1, 0.15) is 17.5 Å². The van der Waals surface area contributed by atoms with Crippen molar-refractivity contribution >= 4 is 5.97 Å². The minimum atomic E-state index is -0.801. The molecule has 1 aromatic carbocycles. The van der Waals surface area contributed by atoms with Crippen molar-refractivity contribution in [3.63, 3.8) is 0 Å². The number of carbonyl (C=O) groups is 1. The summed E-state index contributed by atoms with van der Waals surface area (Å²) in [7, 11) is 0. The molecule has 0 aromatic heterocycles. The van der Waals surface area contributed by atoms with Crippen LogP contribution in [0.4, 0.5) is 0 Å². The van der Waals surface area contributed by atoms with Gasteiger partial charge >= 0.3 is 5.97 Å². The lowest BCUT2D eigenvalue weighted by Gasteiger charge is -2.34. The molecule has 21 heavy (non-hydrogen) atoms. The van der Waals surface area contributed by atoms with Crippen molar-refractivity contribution in [1.82, 2.24) is 4.90 Å². The molecule has 1 heterocycles. The zero-order valence-electron chi connectivity index (χ0n) is 11.8. The Balaban J connectivity index is 1.99. The number of benzene rings is 1. The highest BCUT2D eigenvalue weighted by Crippen LogP contribution is 2.15. The smallest absolute Gasteiger partial charge is 0.305 e. The highest BCUT2D eigenvalue weighted by Gasteiger charge is 2.25. The summed E-state index contributed by atoms with van der Waals surface area (Å²) >= 11 is 0. The van der Waals surface area contributed by atoms with Crippen LogP contribution < -0.4 is 0 Å². The fraction of sp³-hybridized carbons (Fsp3) is 0.438. The number of carboxylic acid groups (broad SMARTS) is 1. The molecule has 1 aromatic rings. The van der Waals surface area contributed by atoms with Gasteiger partial charge in [0.15, 0.2) is 0 Å². The monoisotopic (exact) mass is 289 g/mol. The molecule has 2 N–H and O–H groups in total. The number of aliphatic hydroxyl groups excluding tert-OH is 1. The predicted octanol–water partition coefficient (Wildman–Crippen LogP) is 0.706. The summed E-state index contributed by atoms with van der Waals surface area (Å²) in [5, 5.41) is 17.6. The van der Waals surface area contributed by atoms with Gasteiger partial charge in [-0.3, -0.25) is 9.69 Å². The number of morpholine rings is 1. The molecule has 0 amide bonds. The van der Waals surface area contributed by atoms with Gasteiger partial charge in [-0.05, 0) is 17.7 Å². The number of aliphatic carboxylic acids is 1. The normalized spacial score (nSPS) is 18.8. The Morgan fingerprint density at radius 3 is 2.81 bits per heavy atom. The van der Waals surface area contributed by atoms with E-state index < -0.39 is 5.97 Å². The minimum absolute atomic E-state index is 0.0786. The van der Waals surface area contributed by atoms with Gasteiger partial charge in [0.2, 0.25) is 0 Å². The number of ether oxygens (including phenoxy) is 1. The van der Waals surface area contributed by atoms with E-state index in [9.17, 15) is 4.79 Å². The van der Waals surface area contributed by atoms with E-state index in [1.165, 1.54) is 0 Å². The summed E-state index contributed by atoms with van der Waals surface area (Å²) < 4.78 is 5.37. The third kappa shape index (κ3) is 4.87. The minimum Gasteiger partial charge on any atom is -0.481 e. The topological polar surface area (TPSA) is 70.0 Å². The molecule has 1 saturated heterocycles. The Bertz CT molecular complexity index is 529. The highest BCUT2D eigenvalue weighted by molar-refractivity contribution is 5.67. The van der Waals surface area contributed by atoms with E-state index in [0.717, 1.165) is 17.7 Å². The number of carboxylic acids is 1. The lowest BCUT2D eigenvalue weighted by Crippen LogP contribution is -2.45. The Morgan fingerprint density at radius 2 is 2.14 bits per heavy atom. The third-order valence-electron chi connectivity index (χ3n) is 3.41. The first-order chi connectivity index (χ1) is 10.2. The van der Waals surface area contributed by atoms with Crippen molar-refractivity contribution in [2.45, 2.75) is 19.0 Å². The van der Waals surface area contributed by atoms with Crippen LogP contribution in [-0.2, 0) is 16.1 Å². The summed E-state index contributed by atoms with van der Waals surface area (Å²) in [6.45, 7) is 2.40. The second-order valence-corrected chi connectivity index (χ2v) is 4.95. The van der Waals surface area contributed by atoms with Gasteiger partial charge in [0, 0.05) is 24.7 Å². The van der Waals surface area contributed by atoms with Crippen LogP contribution in [0.15, 0.2) is 24.3 Å². The fourth-order valence-electron chi connectivity index (χ4n) is 2.36. The predicted molar refractivity (Wildman–Crippen MR) is 77.7 cm³/mol. The van der Waals surface area contributed by atoms with Gasteiger partial charge in [-0.2, -0.15) is 0 Å². The highest BCUT2D eigenvalue weighted by atomic mass is 16.5. The molecule has 1 aliphatic rings. The van der Waals surface area contributed by atoms with Gasteiger partial charge in [0.25, 0.3) is 0 Å². The fourth-order valence-corrected chi connectivity index (χ4v) is 2.36. The van der Waals surface area contributed by atoms with E-state index in [0.29, 0.717) is 19.8 Å². The van der Waals surface area contributed by atoms with Gasteiger partial charge in [-0.25, -0.2) is 0 Å². The number of aliphatic hydroxyl groups is 1. The van der Waals surface area contributed by atoms with Crippen molar-refractivity contribution < 1.29 is 19.7 Å². The zero-order chi connectivity index (χ0) is 15.1. The van der Waals surface area contributed by atoms with E-state index in [2.05, 4.69) is 16.7 Å². The lowest BCUT2D eigenvalue weighted by atomic mass is 10.1. The van der Waals surface area contributed by atoms with Crippen molar-refractivity contribution in [1.29, 1.82) is 0 Å². The number of hydrogen-bond acceptors (Lipinski definition) is 4. The van der Waals surface area contributed by atoms with Crippen molar-refractivity contribution in [3.05, 3.63) is 35.4 Å². The van der Waals surface area contributed by atoms with Crippen LogP contribution in [0.3, 0.4) is 0 Å². The lowest BCUT2D eigenvalue weighted by molar-refractivity contribution is -0.140. The molecule has 1 atom stereocenters.